The largest absolute Gasteiger partial charge is 0.387 e. The molecule has 2 saturated carbocycles. The van der Waals surface area contributed by atoms with E-state index in [1.807, 2.05) is 26.1 Å². The highest BCUT2D eigenvalue weighted by Gasteiger charge is 2.40. The second kappa shape index (κ2) is 8.72. The standard InChI is InChI=1S/C24H31N5O2/c1-15-27-23(29-31-15)24(2,14-16-4-5-16)28-22(30)18-8-10-19(17-6-7-17)20(11-9-18)21(26-3)12-13-25/h8,10,12,16-18,26H,4-7,13-14,25H2,1-3H3,(H,28,30)/b21-12-. The van der Waals surface area contributed by atoms with E-state index in [2.05, 4.69) is 38.7 Å². The summed E-state index contributed by atoms with van der Waals surface area (Å²) in [4.78, 5) is 17.7. The van der Waals surface area contributed by atoms with Crippen LogP contribution in [0.2, 0.25) is 0 Å². The molecule has 2 atom stereocenters. The van der Waals surface area contributed by atoms with Gasteiger partial charge < -0.3 is 20.9 Å². The number of aryl methyl sites for hydroxylation is 1. The van der Waals surface area contributed by atoms with Crippen LogP contribution in [0.3, 0.4) is 0 Å². The Morgan fingerprint density at radius 2 is 2.16 bits per heavy atom. The van der Waals surface area contributed by atoms with Crippen molar-refractivity contribution in [2.45, 2.75) is 51.5 Å². The van der Waals surface area contributed by atoms with Crippen molar-refractivity contribution in [3.05, 3.63) is 46.8 Å². The zero-order valence-corrected chi connectivity index (χ0v) is 18.5. The minimum absolute atomic E-state index is 0.139. The number of nitrogens with two attached hydrogens (primary N) is 1. The van der Waals surface area contributed by atoms with E-state index in [0.29, 0.717) is 30.1 Å². The Labute approximate surface area is 183 Å². The summed E-state index contributed by atoms with van der Waals surface area (Å²) in [6.45, 7) is 4.16. The molecule has 4 N–H and O–H groups in total. The molecule has 1 heterocycles. The molecule has 0 spiro atoms. The molecule has 31 heavy (non-hydrogen) atoms. The van der Waals surface area contributed by atoms with E-state index in [0.717, 1.165) is 30.5 Å². The molecule has 2 unspecified atom stereocenters. The number of amides is 1. The Hall–Kier alpha value is -2.85. The lowest BCUT2D eigenvalue weighted by atomic mass is 9.92. The van der Waals surface area contributed by atoms with Gasteiger partial charge in [0.2, 0.25) is 11.8 Å². The first-order valence-electron chi connectivity index (χ1n) is 11.1. The number of carbonyl (C=O) groups excluding carboxylic acids is 1. The van der Waals surface area contributed by atoms with E-state index in [-0.39, 0.29) is 5.91 Å². The summed E-state index contributed by atoms with van der Waals surface area (Å²) in [6, 6.07) is 0. The molecule has 1 amide bonds. The highest BCUT2D eigenvalue weighted by Crippen LogP contribution is 2.41. The van der Waals surface area contributed by atoms with Gasteiger partial charge in [-0.05, 0) is 49.7 Å². The van der Waals surface area contributed by atoms with Crippen LogP contribution in [0, 0.1) is 36.5 Å². The van der Waals surface area contributed by atoms with Gasteiger partial charge in [-0.25, -0.2) is 0 Å². The van der Waals surface area contributed by atoms with Crippen molar-refractivity contribution in [2.75, 3.05) is 13.6 Å². The lowest BCUT2D eigenvalue weighted by molar-refractivity contribution is -0.124. The molecule has 3 aliphatic rings. The highest BCUT2D eigenvalue weighted by molar-refractivity contribution is 5.85. The predicted molar refractivity (Wildman–Crippen MR) is 118 cm³/mol. The van der Waals surface area contributed by atoms with E-state index >= 15 is 0 Å². The lowest BCUT2D eigenvalue weighted by Gasteiger charge is -2.28. The molecule has 164 valence electrons. The van der Waals surface area contributed by atoms with Gasteiger partial charge in [-0.3, -0.25) is 4.79 Å². The monoisotopic (exact) mass is 421 g/mol. The molecule has 0 saturated heterocycles. The van der Waals surface area contributed by atoms with Gasteiger partial charge in [-0.15, -0.1) is 0 Å². The van der Waals surface area contributed by atoms with Crippen molar-refractivity contribution in [3.63, 3.8) is 0 Å². The molecule has 3 aliphatic carbocycles. The Bertz CT molecular complexity index is 1000. The Balaban J connectivity index is 1.58. The first-order valence-corrected chi connectivity index (χ1v) is 11.1. The minimum Gasteiger partial charge on any atom is -0.387 e. The average Bonchev–Trinajstić information content (AvgIpc) is 3.65. The fourth-order valence-electron chi connectivity index (χ4n) is 4.08. The number of aromatic nitrogens is 2. The molecule has 0 bridgehead atoms. The van der Waals surface area contributed by atoms with Crippen LogP contribution in [0.1, 0.15) is 50.7 Å². The van der Waals surface area contributed by atoms with Gasteiger partial charge in [0.1, 0.15) is 11.5 Å². The number of allylic oxidation sites excluding steroid dienone is 3. The highest BCUT2D eigenvalue weighted by atomic mass is 16.5. The van der Waals surface area contributed by atoms with Crippen molar-refractivity contribution in [3.8, 4) is 11.8 Å². The molecule has 0 radical (unpaired) electrons. The fourth-order valence-corrected chi connectivity index (χ4v) is 4.08. The number of nitrogens with one attached hydrogen (secondary N) is 2. The van der Waals surface area contributed by atoms with Gasteiger partial charge in [0.25, 0.3) is 0 Å². The summed E-state index contributed by atoms with van der Waals surface area (Å²) in [5, 5.41) is 10.5. The third-order valence-electron chi connectivity index (χ3n) is 6.08. The van der Waals surface area contributed by atoms with Crippen molar-refractivity contribution in [2.24, 2.45) is 23.5 Å². The SMILES string of the molecule is CN/C(=C\CN)C1=C(C2CC2)C=CC(C(=O)NC(C)(CC2CC2)c2noc(C)n2)C#C1. The lowest BCUT2D eigenvalue weighted by Crippen LogP contribution is -2.46. The number of hydrogen-bond donors (Lipinski definition) is 3. The molecular formula is C24H31N5O2. The second-order valence-corrected chi connectivity index (χ2v) is 8.92. The zero-order valence-electron chi connectivity index (χ0n) is 18.5. The number of rotatable bonds is 9. The van der Waals surface area contributed by atoms with Crippen LogP contribution in [0.15, 0.2) is 39.6 Å². The molecule has 1 aromatic heterocycles. The van der Waals surface area contributed by atoms with Crippen LogP contribution in [-0.2, 0) is 10.3 Å². The Morgan fingerprint density at radius 3 is 2.74 bits per heavy atom. The van der Waals surface area contributed by atoms with E-state index in [9.17, 15) is 4.79 Å². The van der Waals surface area contributed by atoms with Gasteiger partial charge >= 0.3 is 0 Å². The van der Waals surface area contributed by atoms with E-state index < -0.39 is 11.5 Å². The van der Waals surface area contributed by atoms with Crippen molar-refractivity contribution < 1.29 is 9.32 Å². The van der Waals surface area contributed by atoms with Crippen LogP contribution in [0.5, 0.6) is 0 Å². The fraction of sp³-hybridized carbons (Fsp3) is 0.542. The number of likely N-dealkylation sites (N-methyl/N-ethyl adjacent to an activating group) is 1. The minimum atomic E-state index is -0.678. The predicted octanol–water partition coefficient (Wildman–Crippen LogP) is 2.47. The quantitative estimate of drug-likeness (QED) is 0.529. The van der Waals surface area contributed by atoms with Crippen molar-refractivity contribution in [1.29, 1.82) is 0 Å². The molecule has 0 aliphatic heterocycles. The average molecular weight is 422 g/mol. The summed E-state index contributed by atoms with van der Waals surface area (Å²) < 4.78 is 5.20. The Kier molecular flexibility index (Phi) is 6.01. The molecule has 2 fully saturated rings. The summed E-state index contributed by atoms with van der Waals surface area (Å²) >= 11 is 0. The molecule has 7 nitrogen and oxygen atoms in total. The van der Waals surface area contributed by atoms with Gasteiger partial charge in [-0.2, -0.15) is 4.98 Å². The van der Waals surface area contributed by atoms with Crippen molar-refractivity contribution in [1.82, 2.24) is 20.8 Å². The third kappa shape index (κ3) is 4.91. The molecular weight excluding hydrogens is 390 g/mol. The van der Waals surface area contributed by atoms with Crippen LogP contribution in [0.4, 0.5) is 0 Å². The number of nitrogens with zero attached hydrogens (tertiary/aromatic N) is 2. The smallest absolute Gasteiger partial charge is 0.239 e. The van der Waals surface area contributed by atoms with Gasteiger partial charge in [0, 0.05) is 26.2 Å². The summed E-state index contributed by atoms with van der Waals surface area (Å²) in [5.74, 6) is 7.86. The first-order chi connectivity index (χ1) is 14.9. The first kappa shape index (κ1) is 21.4. The van der Waals surface area contributed by atoms with Crippen LogP contribution in [0.25, 0.3) is 0 Å². The third-order valence-corrected chi connectivity index (χ3v) is 6.08. The molecule has 1 aromatic rings. The summed E-state index contributed by atoms with van der Waals surface area (Å²) in [7, 11) is 1.87. The summed E-state index contributed by atoms with van der Waals surface area (Å²) in [6.07, 6.45) is 11.3. The van der Waals surface area contributed by atoms with Crippen LogP contribution in [-0.4, -0.2) is 29.6 Å². The molecule has 0 aromatic carbocycles. The topological polar surface area (TPSA) is 106 Å². The van der Waals surface area contributed by atoms with Gasteiger partial charge in [-0.1, -0.05) is 42.0 Å². The number of hydrogen-bond acceptors (Lipinski definition) is 6. The summed E-state index contributed by atoms with van der Waals surface area (Å²) in [5.41, 5.74) is 8.12. The number of carbonyl (C=O) groups is 1. The Morgan fingerprint density at radius 1 is 1.39 bits per heavy atom. The van der Waals surface area contributed by atoms with Crippen LogP contribution < -0.4 is 16.4 Å². The maximum absolute atomic E-state index is 13.3. The van der Waals surface area contributed by atoms with E-state index in [1.165, 1.54) is 18.4 Å². The second-order valence-electron chi connectivity index (χ2n) is 8.92. The van der Waals surface area contributed by atoms with E-state index in [1.54, 1.807) is 6.92 Å². The van der Waals surface area contributed by atoms with Crippen LogP contribution >= 0.6 is 0 Å². The van der Waals surface area contributed by atoms with Crippen molar-refractivity contribution >= 4 is 5.91 Å². The van der Waals surface area contributed by atoms with Gasteiger partial charge in [0.05, 0.1) is 5.57 Å². The molecule has 4 rings (SSSR count). The maximum Gasteiger partial charge on any atom is 0.239 e. The zero-order chi connectivity index (χ0) is 22.0. The maximum atomic E-state index is 13.3. The van der Waals surface area contributed by atoms with Gasteiger partial charge in [0.15, 0.2) is 5.82 Å². The normalized spacial score (nSPS) is 23.0. The van der Waals surface area contributed by atoms with E-state index in [4.69, 9.17) is 10.3 Å². The molecule has 7 heteroatoms.